The Bertz CT molecular complexity index is 730. The summed E-state index contributed by atoms with van der Waals surface area (Å²) in [6, 6.07) is 8.20. The highest BCUT2D eigenvalue weighted by Crippen LogP contribution is 2.22. The van der Waals surface area contributed by atoms with E-state index in [-0.39, 0.29) is 0 Å². The van der Waals surface area contributed by atoms with Crippen LogP contribution in [0.25, 0.3) is 10.9 Å². The molecule has 0 aliphatic carbocycles. The second kappa shape index (κ2) is 5.99. The molecular formula is C16H19N3O2. The van der Waals surface area contributed by atoms with Crippen molar-refractivity contribution in [1.29, 1.82) is 0 Å². The molecule has 0 aliphatic rings. The van der Waals surface area contributed by atoms with Gasteiger partial charge in [-0.05, 0) is 30.7 Å². The Kier molecular flexibility index (Phi) is 3.90. The zero-order valence-electron chi connectivity index (χ0n) is 12.4. The van der Waals surface area contributed by atoms with Crippen LogP contribution in [0.5, 0.6) is 5.75 Å². The first-order valence-corrected chi connectivity index (χ1v) is 7.33. The highest BCUT2D eigenvalue weighted by atomic mass is 16.5. The first-order chi connectivity index (χ1) is 10.3. The van der Waals surface area contributed by atoms with Gasteiger partial charge in [-0.3, -0.25) is 0 Å². The average Bonchev–Trinajstić information content (AvgIpc) is 3.12. The molecule has 2 aromatic heterocycles. The lowest BCUT2D eigenvalue weighted by Crippen LogP contribution is -1.99. The Morgan fingerprint density at radius 3 is 2.90 bits per heavy atom. The minimum absolute atomic E-state index is 0.589. The van der Waals surface area contributed by atoms with Crippen LogP contribution >= 0.6 is 0 Å². The summed E-state index contributed by atoms with van der Waals surface area (Å²) in [6.07, 6.45) is 3.83. The Morgan fingerprint density at radius 2 is 2.14 bits per heavy atom. The Morgan fingerprint density at radius 1 is 1.24 bits per heavy atom. The number of benzene rings is 1. The first kappa shape index (κ1) is 13.7. The van der Waals surface area contributed by atoms with Gasteiger partial charge in [0.2, 0.25) is 5.89 Å². The molecule has 5 heteroatoms. The van der Waals surface area contributed by atoms with Crippen molar-refractivity contribution in [3.8, 4) is 5.75 Å². The van der Waals surface area contributed by atoms with Crippen molar-refractivity contribution in [2.24, 2.45) is 0 Å². The number of aromatic nitrogens is 3. The van der Waals surface area contributed by atoms with Gasteiger partial charge >= 0.3 is 0 Å². The number of rotatable bonds is 6. The van der Waals surface area contributed by atoms with E-state index in [2.05, 4.69) is 39.8 Å². The van der Waals surface area contributed by atoms with Gasteiger partial charge in [0.1, 0.15) is 12.3 Å². The number of aryl methyl sites for hydroxylation is 1. The van der Waals surface area contributed by atoms with Gasteiger partial charge < -0.3 is 13.8 Å². The monoisotopic (exact) mass is 285 g/mol. The second-order valence-corrected chi connectivity index (χ2v) is 4.97. The third-order valence-electron chi connectivity index (χ3n) is 3.35. The second-order valence-electron chi connectivity index (χ2n) is 4.97. The number of hydrogen-bond donors (Lipinski definition) is 0. The maximum absolute atomic E-state index is 5.66. The number of fused-ring (bicyclic) bond motifs is 1. The van der Waals surface area contributed by atoms with Gasteiger partial charge in [0.25, 0.3) is 0 Å². The van der Waals surface area contributed by atoms with Crippen LogP contribution in [-0.4, -0.2) is 21.3 Å². The molecular weight excluding hydrogens is 266 g/mol. The van der Waals surface area contributed by atoms with E-state index in [0.717, 1.165) is 41.9 Å². The fourth-order valence-electron chi connectivity index (χ4n) is 2.27. The van der Waals surface area contributed by atoms with E-state index >= 15 is 0 Å². The molecule has 3 aromatic rings. The van der Waals surface area contributed by atoms with E-state index < -0.39 is 0 Å². The summed E-state index contributed by atoms with van der Waals surface area (Å²) in [5.41, 5.74) is 1.13. The van der Waals surface area contributed by atoms with Crippen molar-refractivity contribution < 1.29 is 9.26 Å². The van der Waals surface area contributed by atoms with Crippen LogP contribution in [0.15, 0.2) is 35.0 Å². The fraction of sp³-hybridized carbons (Fsp3) is 0.375. The normalized spacial score (nSPS) is 11.1. The molecule has 0 radical (unpaired) electrons. The minimum atomic E-state index is 0.589. The van der Waals surface area contributed by atoms with Crippen molar-refractivity contribution in [3.63, 3.8) is 0 Å². The van der Waals surface area contributed by atoms with E-state index in [1.165, 1.54) is 0 Å². The first-order valence-electron chi connectivity index (χ1n) is 7.33. The summed E-state index contributed by atoms with van der Waals surface area (Å²) in [4.78, 5) is 4.35. The van der Waals surface area contributed by atoms with E-state index in [0.29, 0.717) is 12.4 Å². The molecule has 0 unspecified atom stereocenters. The molecule has 1 aromatic carbocycles. The lowest BCUT2D eigenvalue weighted by molar-refractivity contribution is 0.318. The number of hydrogen-bond acceptors (Lipinski definition) is 4. The molecule has 3 rings (SSSR count). The SMILES string of the molecule is CCCOc1ccc2c(ccn2Cc2nc(CC)no2)c1. The zero-order chi connectivity index (χ0) is 14.7. The van der Waals surface area contributed by atoms with Crippen LogP contribution in [0, 0.1) is 0 Å². The molecule has 0 aliphatic heterocycles. The molecule has 0 spiro atoms. The van der Waals surface area contributed by atoms with E-state index in [9.17, 15) is 0 Å². The summed E-state index contributed by atoms with van der Waals surface area (Å²) in [6.45, 7) is 5.45. The Labute approximate surface area is 123 Å². The number of nitrogens with zero attached hydrogens (tertiary/aromatic N) is 3. The van der Waals surface area contributed by atoms with Crippen LogP contribution in [0.1, 0.15) is 32.0 Å². The van der Waals surface area contributed by atoms with Gasteiger partial charge in [0, 0.05) is 23.5 Å². The summed E-state index contributed by atoms with van der Waals surface area (Å²) in [5, 5.41) is 5.08. The highest BCUT2D eigenvalue weighted by Gasteiger charge is 2.08. The standard InChI is InChI=1S/C16H19N3O2/c1-3-9-20-13-5-6-14-12(10-13)7-8-19(14)11-16-17-15(4-2)18-21-16/h5-8,10H,3-4,9,11H2,1-2H3. The van der Waals surface area contributed by atoms with Crippen LogP contribution in [0.2, 0.25) is 0 Å². The van der Waals surface area contributed by atoms with E-state index in [1.54, 1.807) is 0 Å². The van der Waals surface area contributed by atoms with Crippen LogP contribution in [-0.2, 0) is 13.0 Å². The van der Waals surface area contributed by atoms with Gasteiger partial charge in [-0.2, -0.15) is 4.98 Å². The summed E-state index contributed by atoms with van der Waals surface area (Å²) < 4.78 is 13.0. The van der Waals surface area contributed by atoms with Gasteiger partial charge in [-0.15, -0.1) is 0 Å². The van der Waals surface area contributed by atoms with Crippen molar-refractivity contribution in [2.75, 3.05) is 6.61 Å². The topological polar surface area (TPSA) is 53.1 Å². The van der Waals surface area contributed by atoms with Gasteiger partial charge in [0.15, 0.2) is 5.82 Å². The van der Waals surface area contributed by atoms with Crippen LogP contribution < -0.4 is 4.74 Å². The molecule has 0 N–H and O–H groups in total. The molecule has 2 heterocycles. The van der Waals surface area contributed by atoms with Crippen LogP contribution in [0.3, 0.4) is 0 Å². The predicted molar refractivity (Wildman–Crippen MR) is 80.5 cm³/mol. The van der Waals surface area contributed by atoms with Gasteiger partial charge in [0.05, 0.1) is 6.61 Å². The van der Waals surface area contributed by atoms with Crippen molar-refractivity contribution in [1.82, 2.24) is 14.7 Å². The molecule has 21 heavy (non-hydrogen) atoms. The maximum atomic E-state index is 5.66. The van der Waals surface area contributed by atoms with Gasteiger partial charge in [-0.1, -0.05) is 19.0 Å². The third-order valence-corrected chi connectivity index (χ3v) is 3.35. The minimum Gasteiger partial charge on any atom is -0.494 e. The largest absolute Gasteiger partial charge is 0.494 e. The smallest absolute Gasteiger partial charge is 0.246 e. The van der Waals surface area contributed by atoms with Crippen LogP contribution in [0.4, 0.5) is 0 Å². The molecule has 110 valence electrons. The molecule has 5 nitrogen and oxygen atoms in total. The van der Waals surface area contributed by atoms with E-state index in [1.807, 2.05) is 19.2 Å². The molecule has 0 saturated heterocycles. The van der Waals surface area contributed by atoms with E-state index in [4.69, 9.17) is 9.26 Å². The third kappa shape index (κ3) is 2.91. The Balaban J connectivity index is 1.82. The summed E-state index contributed by atoms with van der Waals surface area (Å²) in [5.74, 6) is 2.29. The summed E-state index contributed by atoms with van der Waals surface area (Å²) >= 11 is 0. The molecule has 0 amide bonds. The Hall–Kier alpha value is -2.30. The lowest BCUT2D eigenvalue weighted by atomic mass is 10.2. The molecule has 0 atom stereocenters. The quantitative estimate of drug-likeness (QED) is 0.696. The highest BCUT2D eigenvalue weighted by molar-refractivity contribution is 5.81. The predicted octanol–water partition coefficient (Wildman–Crippen LogP) is 3.42. The van der Waals surface area contributed by atoms with Crippen molar-refractivity contribution >= 4 is 10.9 Å². The fourth-order valence-corrected chi connectivity index (χ4v) is 2.27. The lowest BCUT2D eigenvalue weighted by Gasteiger charge is -2.05. The van der Waals surface area contributed by atoms with Crippen molar-refractivity contribution in [3.05, 3.63) is 42.2 Å². The average molecular weight is 285 g/mol. The number of ether oxygens (including phenoxy) is 1. The summed E-state index contributed by atoms with van der Waals surface area (Å²) in [7, 11) is 0. The van der Waals surface area contributed by atoms with Gasteiger partial charge in [-0.25, -0.2) is 0 Å². The maximum Gasteiger partial charge on any atom is 0.246 e. The molecule has 0 bridgehead atoms. The van der Waals surface area contributed by atoms with Crippen molar-refractivity contribution in [2.45, 2.75) is 33.2 Å². The molecule has 0 fully saturated rings. The molecule has 0 saturated carbocycles. The zero-order valence-corrected chi connectivity index (χ0v) is 12.4.